The second-order valence-electron chi connectivity index (χ2n) is 9.03. The predicted molar refractivity (Wildman–Crippen MR) is 145 cm³/mol. The number of rotatable bonds is 10. The lowest BCUT2D eigenvalue weighted by atomic mass is 10.1. The van der Waals surface area contributed by atoms with Crippen LogP contribution in [-0.4, -0.2) is 62.6 Å². The Balaban J connectivity index is 1.73. The first-order valence-electron chi connectivity index (χ1n) is 12.5. The fourth-order valence-electron chi connectivity index (χ4n) is 4.49. The summed E-state index contributed by atoms with van der Waals surface area (Å²) in [6.45, 7) is -0.121. The van der Waals surface area contributed by atoms with Crippen molar-refractivity contribution in [2.75, 3.05) is 32.8 Å². The van der Waals surface area contributed by atoms with E-state index in [9.17, 15) is 19.2 Å². The molecular formula is C30H30N2O8. The number of carbonyl (C=O) groups is 4. The van der Waals surface area contributed by atoms with Gasteiger partial charge in [-0.2, -0.15) is 0 Å². The quantitative estimate of drug-likeness (QED) is 0.356. The molecule has 1 atom stereocenters. The minimum atomic E-state index is -1.14. The molecule has 208 valence electrons. The lowest BCUT2D eigenvalue weighted by Gasteiger charge is -2.30. The third-order valence-corrected chi connectivity index (χ3v) is 6.51. The molecular weight excluding hydrogens is 516 g/mol. The van der Waals surface area contributed by atoms with Crippen LogP contribution in [0.2, 0.25) is 0 Å². The van der Waals surface area contributed by atoms with Crippen molar-refractivity contribution in [1.29, 1.82) is 0 Å². The molecule has 4 rings (SSSR count). The fraction of sp³-hybridized carbons (Fsp3) is 0.267. The topological polar surface area (TPSA) is 112 Å². The standard InChI is InChI=1S/C30H30N2O8/c1-37-22-10-6-8-20(14-22)17-31-25-13-5-4-12-24(25)29(35)32(26(30(31)36)16-27(33)38-2)18-21-9-7-11-23(15-21)40-19-28(34)39-3/h4-15,26H,16-19H2,1-3H3/t26-/m0/s1. The molecule has 0 N–H and O–H groups in total. The Hall–Kier alpha value is -4.86. The number of amides is 2. The van der Waals surface area contributed by atoms with Gasteiger partial charge in [-0.15, -0.1) is 0 Å². The van der Waals surface area contributed by atoms with Crippen molar-refractivity contribution >= 4 is 29.4 Å². The second kappa shape index (κ2) is 12.8. The van der Waals surface area contributed by atoms with Crippen LogP contribution in [0.1, 0.15) is 27.9 Å². The number of para-hydroxylation sites is 1. The first kappa shape index (κ1) is 28.2. The lowest BCUT2D eigenvalue weighted by Crippen LogP contribution is -2.49. The minimum absolute atomic E-state index is 0.00297. The Labute approximate surface area is 232 Å². The molecule has 40 heavy (non-hydrogen) atoms. The molecule has 3 aromatic carbocycles. The molecule has 3 aromatic rings. The SMILES string of the molecule is COC(=O)COc1cccc(CN2C(=O)c3ccccc3N(Cc3cccc(OC)c3)C(=O)[C@@H]2CC(=O)OC)c1. The van der Waals surface area contributed by atoms with E-state index in [1.165, 1.54) is 24.0 Å². The number of methoxy groups -OCH3 is 3. The van der Waals surface area contributed by atoms with Crippen LogP contribution in [0.5, 0.6) is 11.5 Å². The molecule has 10 nitrogen and oxygen atoms in total. The Morgan fingerprint density at radius 2 is 1.43 bits per heavy atom. The number of anilines is 1. The average molecular weight is 547 g/mol. The monoisotopic (exact) mass is 546 g/mol. The van der Waals surface area contributed by atoms with E-state index in [-0.39, 0.29) is 26.1 Å². The molecule has 0 radical (unpaired) electrons. The molecule has 10 heteroatoms. The highest BCUT2D eigenvalue weighted by atomic mass is 16.6. The number of ether oxygens (including phenoxy) is 4. The van der Waals surface area contributed by atoms with Gasteiger partial charge in [-0.25, -0.2) is 4.79 Å². The van der Waals surface area contributed by atoms with E-state index in [4.69, 9.17) is 14.2 Å². The van der Waals surface area contributed by atoms with Crippen molar-refractivity contribution < 1.29 is 38.1 Å². The van der Waals surface area contributed by atoms with Crippen LogP contribution in [0.15, 0.2) is 72.8 Å². The molecule has 1 aliphatic rings. The van der Waals surface area contributed by atoms with Gasteiger partial charge in [0, 0.05) is 6.54 Å². The number of esters is 2. The fourth-order valence-corrected chi connectivity index (χ4v) is 4.49. The van der Waals surface area contributed by atoms with Gasteiger partial charge in [0.2, 0.25) is 0 Å². The third kappa shape index (κ3) is 6.40. The van der Waals surface area contributed by atoms with Crippen molar-refractivity contribution in [2.45, 2.75) is 25.6 Å². The molecule has 1 heterocycles. The maximum atomic E-state index is 14.2. The highest BCUT2D eigenvalue weighted by Crippen LogP contribution is 2.32. The number of hydrogen-bond acceptors (Lipinski definition) is 8. The van der Waals surface area contributed by atoms with Gasteiger partial charge in [0.15, 0.2) is 6.61 Å². The summed E-state index contributed by atoms with van der Waals surface area (Å²) in [5.74, 6) is -0.980. The minimum Gasteiger partial charge on any atom is -0.497 e. The highest BCUT2D eigenvalue weighted by Gasteiger charge is 2.41. The van der Waals surface area contributed by atoms with Gasteiger partial charge >= 0.3 is 11.9 Å². The summed E-state index contributed by atoms with van der Waals surface area (Å²) in [4.78, 5) is 55.0. The van der Waals surface area contributed by atoms with Crippen molar-refractivity contribution in [2.24, 2.45) is 0 Å². The molecule has 1 aliphatic heterocycles. The van der Waals surface area contributed by atoms with E-state index < -0.39 is 29.8 Å². The number of benzene rings is 3. The van der Waals surface area contributed by atoms with Crippen molar-refractivity contribution in [3.05, 3.63) is 89.5 Å². The van der Waals surface area contributed by atoms with Gasteiger partial charge in [-0.3, -0.25) is 14.4 Å². The largest absolute Gasteiger partial charge is 0.497 e. The van der Waals surface area contributed by atoms with Gasteiger partial charge < -0.3 is 28.7 Å². The smallest absolute Gasteiger partial charge is 0.343 e. The van der Waals surface area contributed by atoms with E-state index >= 15 is 0 Å². The van der Waals surface area contributed by atoms with Crippen LogP contribution >= 0.6 is 0 Å². The van der Waals surface area contributed by atoms with Crippen LogP contribution in [0.3, 0.4) is 0 Å². The molecule has 2 amide bonds. The first-order valence-corrected chi connectivity index (χ1v) is 12.5. The van der Waals surface area contributed by atoms with Crippen molar-refractivity contribution in [1.82, 2.24) is 4.90 Å². The molecule has 0 bridgehead atoms. The van der Waals surface area contributed by atoms with E-state index in [1.54, 1.807) is 61.7 Å². The first-order chi connectivity index (χ1) is 19.3. The third-order valence-electron chi connectivity index (χ3n) is 6.51. The van der Waals surface area contributed by atoms with Crippen LogP contribution in [-0.2, 0) is 36.9 Å². The molecule has 0 spiro atoms. The summed E-state index contributed by atoms with van der Waals surface area (Å²) in [5.41, 5.74) is 2.19. The Morgan fingerprint density at radius 3 is 2.12 bits per heavy atom. The zero-order chi connectivity index (χ0) is 28.6. The molecule has 0 aliphatic carbocycles. The summed E-state index contributed by atoms with van der Waals surface area (Å²) >= 11 is 0. The molecule has 0 unspecified atom stereocenters. The summed E-state index contributed by atoms with van der Waals surface area (Å²) < 4.78 is 20.3. The predicted octanol–water partition coefficient (Wildman–Crippen LogP) is 3.37. The summed E-state index contributed by atoms with van der Waals surface area (Å²) in [6.07, 6.45) is -0.331. The highest BCUT2D eigenvalue weighted by molar-refractivity contribution is 6.11. The second-order valence-corrected chi connectivity index (χ2v) is 9.03. The van der Waals surface area contributed by atoms with Gasteiger partial charge in [-0.05, 0) is 47.5 Å². The van der Waals surface area contributed by atoms with E-state index in [0.29, 0.717) is 28.3 Å². The van der Waals surface area contributed by atoms with Crippen LogP contribution in [0, 0.1) is 0 Å². The molecule has 0 saturated heterocycles. The molecule has 0 saturated carbocycles. The van der Waals surface area contributed by atoms with Gasteiger partial charge in [-0.1, -0.05) is 36.4 Å². The number of hydrogen-bond donors (Lipinski definition) is 0. The number of nitrogens with zero attached hydrogens (tertiary/aromatic N) is 2. The molecule has 0 aromatic heterocycles. The van der Waals surface area contributed by atoms with E-state index in [2.05, 4.69) is 4.74 Å². The average Bonchev–Trinajstić information content (AvgIpc) is 3.06. The zero-order valence-corrected chi connectivity index (χ0v) is 22.5. The Morgan fingerprint density at radius 1 is 0.775 bits per heavy atom. The van der Waals surface area contributed by atoms with Crippen molar-refractivity contribution in [3.63, 3.8) is 0 Å². The number of carbonyl (C=O) groups excluding carboxylic acids is 4. The Kier molecular flexibility index (Phi) is 9.00. The van der Waals surface area contributed by atoms with Crippen LogP contribution < -0.4 is 14.4 Å². The summed E-state index contributed by atoms with van der Waals surface area (Å²) in [6, 6.07) is 19.8. The number of fused-ring (bicyclic) bond motifs is 1. The zero-order valence-electron chi connectivity index (χ0n) is 22.5. The van der Waals surface area contributed by atoms with E-state index in [1.807, 2.05) is 18.2 Å². The normalized spacial score (nSPS) is 14.7. The van der Waals surface area contributed by atoms with Crippen LogP contribution in [0.25, 0.3) is 0 Å². The van der Waals surface area contributed by atoms with E-state index in [0.717, 1.165) is 5.56 Å². The Bertz CT molecular complexity index is 1410. The van der Waals surface area contributed by atoms with Crippen molar-refractivity contribution in [3.8, 4) is 11.5 Å². The molecule has 0 fully saturated rings. The van der Waals surface area contributed by atoms with Gasteiger partial charge in [0.25, 0.3) is 11.8 Å². The summed E-state index contributed by atoms with van der Waals surface area (Å²) in [7, 11) is 4.06. The maximum absolute atomic E-state index is 14.2. The van der Waals surface area contributed by atoms with Crippen LogP contribution in [0.4, 0.5) is 5.69 Å². The maximum Gasteiger partial charge on any atom is 0.343 e. The van der Waals surface area contributed by atoms with Gasteiger partial charge in [0.05, 0.1) is 45.5 Å². The lowest BCUT2D eigenvalue weighted by molar-refractivity contribution is -0.144. The summed E-state index contributed by atoms with van der Waals surface area (Å²) in [5, 5.41) is 0. The van der Waals surface area contributed by atoms with Gasteiger partial charge in [0.1, 0.15) is 17.5 Å².